The van der Waals surface area contributed by atoms with Crippen LogP contribution in [0.5, 0.6) is 0 Å². The number of fused-ring (bicyclic) bond motifs is 3. The number of para-hydroxylation sites is 1. The highest BCUT2D eigenvalue weighted by molar-refractivity contribution is 6.06. The summed E-state index contributed by atoms with van der Waals surface area (Å²) in [5, 5.41) is 0.949. The third kappa shape index (κ3) is 2.26. The number of furan rings is 1. The summed E-state index contributed by atoms with van der Waals surface area (Å²) in [5.74, 6) is 1.68. The van der Waals surface area contributed by atoms with Gasteiger partial charge in [0.15, 0.2) is 11.5 Å². The van der Waals surface area contributed by atoms with Crippen molar-refractivity contribution in [3.05, 3.63) is 65.3 Å². The maximum Gasteiger partial charge on any atom is 0.297 e. The molecule has 2 aromatic carbocycles. The van der Waals surface area contributed by atoms with Crippen molar-refractivity contribution in [2.75, 3.05) is 0 Å². The van der Waals surface area contributed by atoms with Crippen molar-refractivity contribution in [1.29, 1.82) is 0 Å². The Morgan fingerprint density at radius 2 is 1.64 bits per heavy atom. The average Bonchev–Trinajstić information content (AvgIpc) is 3.28. The van der Waals surface area contributed by atoms with Gasteiger partial charge >= 0.3 is 0 Å². The summed E-state index contributed by atoms with van der Waals surface area (Å²) >= 11 is 0. The first-order chi connectivity index (χ1) is 13.5. The molecule has 0 N–H and O–H groups in total. The van der Waals surface area contributed by atoms with Gasteiger partial charge < -0.3 is 8.83 Å². The molecule has 0 aliphatic carbocycles. The summed E-state index contributed by atoms with van der Waals surface area (Å²) < 4.78 is 16.4. The number of aryl methyl sites for hydroxylation is 5. The minimum absolute atomic E-state index is 0.548. The number of benzene rings is 2. The van der Waals surface area contributed by atoms with Gasteiger partial charge in [0.2, 0.25) is 5.58 Å². The molecule has 5 aromatic rings. The zero-order valence-corrected chi connectivity index (χ0v) is 16.7. The lowest BCUT2D eigenvalue weighted by molar-refractivity contribution is -0.659. The van der Waals surface area contributed by atoms with E-state index in [-0.39, 0.29) is 0 Å². The van der Waals surface area contributed by atoms with Gasteiger partial charge in [-0.1, -0.05) is 24.3 Å². The van der Waals surface area contributed by atoms with Gasteiger partial charge in [-0.25, -0.2) is 4.57 Å². The largest absolute Gasteiger partial charge is 0.437 e. The van der Waals surface area contributed by atoms with Crippen molar-refractivity contribution in [2.24, 2.45) is 7.05 Å². The van der Waals surface area contributed by atoms with Crippen LogP contribution in [0, 0.1) is 27.7 Å². The third-order valence-corrected chi connectivity index (χ3v) is 5.42. The lowest BCUT2D eigenvalue weighted by Gasteiger charge is -2.10. The molecule has 0 spiro atoms. The second-order valence-corrected chi connectivity index (χ2v) is 7.45. The predicted octanol–water partition coefficient (Wildman–Crippen LogP) is 5.09. The number of oxazole rings is 1. The number of imidazole rings is 1. The second kappa shape index (κ2) is 5.83. The molecule has 0 atom stereocenters. The number of hydrogen-bond donors (Lipinski definition) is 0. The van der Waals surface area contributed by atoms with Gasteiger partial charge in [-0.2, -0.15) is 9.55 Å². The van der Waals surface area contributed by atoms with E-state index in [4.69, 9.17) is 8.83 Å². The van der Waals surface area contributed by atoms with Crippen LogP contribution in [0.2, 0.25) is 0 Å². The minimum Gasteiger partial charge on any atom is -0.437 e. The fourth-order valence-electron chi connectivity index (χ4n) is 4.13. The summed E-state index contributed by atoms with van der Waals surface area (Å²) in [6, 6.07) is 10.6. The Morgan fingerprint density at radius 3 is 2.39 bits per heavy atom. The molecule has 5 nitrogen and oxygen atoms in total. The molecular formula is C23H22N3O2+. The van der Waals surface area contributed by atoms with E-state index in [1.54, 1.807) is 0 Å². The van der Waals surface area contributed by atoms with Gasteiger partial charge in [0.05, 0.1) is 12.4 Å². The zero-order chi connectivity index (χ0) is 19.6. The second-order valence-electron chi connectivity index (χ2n) is 7.45. The van der Waals surface area contributed by atoms with Crippen molar-refractivity contribution >= 4 is 22.3 Å². The summed E-state index contributed by atoms with van der Waals surface area (Å²) in [7, 11) is 2.06. The van der Waals surface area contributed by atoms with Gasteiger partial charge in [-0.15, -0.1) is 0 Å². The molecule has 5 rings (SSSR count). The molecule has 0 saturated carbocycles. The Labute approximate surface area is 162 Å². The number of aromatic nitrogens is 3. The lowest BCUT2D eigenvalue weighted by Crippen LogP contribution is -2.29. The van der Waals surface area contributed by atoms with Crippen LogP contribution in [0.3, 0.4) is 0 Å². The Hall–Kier alpha value is -3.34. The van der Waals surface area contributed by atoms with Gasteiger partial charge in [0.1, 0.15) is 23.6 Å². The fraction of sp³-hybridized carbons (Fsp3) is 0.217. The Kier molecular flexibility index (Phi) is 3.50. The SMILES string of the molecule is Cc1nc2oc3c(-c4n(-c5c(C)cccc5C)cc[n+]4C)c(C)ccc3c2o1. The summed E-state index contributed by atoms with van der Waals surface area (Å²) in [4.78, 5) is 4.39. The van der Waals surface area contributed by atoms with Crippen LogP contribution in [0.25, 0.3) is 39.3 Å². The van der Waals surface area contributed by atoms with Crippen molar-refractivity contribution in [2.45, 2.75) is 27.7 Å². The molecular weight excluding hydrogens is 350 g/mol. The van der Waals surface area contributed by atoms with Crippen LogP contribution < -0.4 is 4.57 Å². The first-order valence-corrected chi connectivity index (χ1v) is 9.39. The van der Waals surface area contributed by atoms with Crippen molar-refractivity contribution < 1.29 is 13.4 Å². The highest BCUT2D eigenvalue weighted by atomic mass is 16.4. The van der Waals surface area contributed by atoms with Crippen LogP contribution in [-0.4, -0.2) is 9.55 Å². The highest BCUT2D eigenvalue weighted by Gasteiger charge is 2.28. The maximum atomic E-state index is 6.18. The minimum atomic E-state index is 0.548. The first kappa shape index (κ1) is 16.8. The highest BCUT2D eigenvalue weighted by Crippen LogP contribution is 2.38. The standard InChI is InChI=1S/C23H22N3O2/c1-13-9-10-17-20(28-22-21(17)27-16(4)24-22)18(13)23-25(5)11-12-26(23)19-14(2)7-6-8-15(19)3/h6-12H,1-5H3/q+1. The summed E-state index contributed by atoms with van der Waals surface area (Å²) in [6.45, 7) is 8.24. The molecule has 0 bridgehead atoms. The Bertz CT molecular complexity index is 1350. The van der Waals surface area contributed by atoms with Crippen molar-refractivity contribution in [3.8, 4) is 17.1 Å². The van der Waals surface area contributed by atoms with Crippen LogP contribution in [0.1, 0.15) is 22.6 Å². The fourth-order valence-corrected chi connectivity index (χ4v) is 4.13. The van der Waals surface area contributed by atoms with Gasteiger partial charge in [0, 0.05) is 6.92 Å². The van der Waals surface area contributed by atoms with E-state index < -0.39 is 0 Å². The predicted molar refractivity (Wildman–Crippen MR) is 109 cm³/mol. The van der Waals surface area contributed by atoms with Crippen LogP contribution >= 0.6 is 0 Å². The van der Waals surface area contributed by atoms with Crippen molar-refractivity contribution in [1.82, 2.24) is 9.55 Å². The first-order valence-electron chi connectivity index (χ1n) is 9.39. The average molecular weight is 372 g/mol. The molecule has 3 heterocycles. The van der Waals surface area contributed by atoms with E-state index in [0.717, 1.165) is 27.9 Å². The summed E-state index contributed by atoms with van der Waals surface area (Å²) in [5.41, 5.74) is 7.91. The van der Waals surface area contributed by atoms with Crippen LogP contribution in [0.15, 0.2) is 51.6 Å². The molecule has 140 valence electrons. The van der Waals surface area contributed by atoms with Crippen LogP contribution in [-0.2, 0) is 7.05 Å². The van der Waals surface area contributed by atoms with E-state index in [2.05, 4.69) is 84.7 Å². The topological polar surface area (TPSA) is 48.0 Å². The van der Waals surface area contributed by atoms with E-state index in [0.29, 0.717) is 17.2 Å². The van der Waals surface area contributed by atoms with Gasteiger partial charge in [-0.05, 0) is 43.5 Å². The molecule has 0 aliphatic heterocycles. The number of rotatable bonds is 2. The Balaban J connectivity index is 1.88. The molecule has 0 radical (unpaired) electrons. The van der Waals surface area contributed by atoms with Crippen LogP contribution in [0.4, 0.5) is 0 Å². The monoisotopic (exact) mass is 372 g/mol. The van der Waals surface area contributed by atoms with E-state index in [1.807, 2.05) is 6.92 Å². The molecule has 3 aromatic heterocycles. The molecule has 0 aliphatic rings. The van der Waals surface area contributed by atoms with E-state index in [9.17, 15) is 0 Å². The maximum absolute atomic E-state index is 6.18. The molecule has 0 amide bonds. The molecule has 0 fully saturated rings. The summed E-state index contributed by atoms with van der Waals surface area (Å²) in [6.07, 6.45) is 4.19. The molecule has 5 heteroatoms. The third-order valence-electron chi connectivity index (χ3n) is 5.42. The lowest BCUT2D eigenvalue weighted by atomic mass is 10.0. The molecule has 0 saturated heterocycles. The zero-order valence-electron chi connectivity index (χ0n) is 16.7. The smallest absolute Gasteiger partial charge is 0.297 e. The van der Waals surface area contributed by atoms with Gasteiger partial charge in [0.25, 0.3) is 11.5 Å². The molecule has 0 unspecified atom stereocenters. The molecule has 28 heavy (non-hydrogen) atoms. The van der Waals surface area contributed by atoms with Crippen molar-refractivity contribution in [3.63, 3.8) is 0 Å². The van der Waals surface area contributed by atoms with Gasteiger partial charge in [-0.3, -0.25) is 0 Å². The van der Waals surface area contributed by atoms with E-state index >= 15 is 0 Å². The Morgan fingerprint density at radius 1 is 0.893 bits per heavy atom. The normalized spacial score (nSPS) is 11.8. The van der Waals surface area contributed by atoms with E-state index in [1.165, 1.54) is 16.8 Å². The number of nitrogens with zero attached hydrogens (tertiary/aromatic N) is 3. The quantitative estimate of drug-likeness (QED) is 0.406. The number of hydrogen-bond acceptors (Lipinski definition) is 3.